The van der Waals surface area contributed by atoms with E-state index in [-0.39, 0.29) is 0 Å². The molecule has 1 N–H and O–H groups in total. The highest BCUT2D eigenvalue weighted by Crippen LogP contribution is 2.21. The summed E-state index contributed by atoms with van der Waals surface area (Å²) >= 11 is 0. The van der Waals surface area contributed by atoms with Gasteiger partial charge in [0.25, 0.3) is 0 Å². The summed E-state index contributed by atoms with van der Waals surface area (Å²) in [5, 5.41) is 24.5. The second-order valence-corrected chi connectivity index (χ2v) is 3.60. The number of benzene rings is 1. The third-order valence-electron chi connectivity index (χ3n) is 2.33. The molecule has 1 aromatic heterocycles. The van der Waals surface area contributed by atoms with Gasteiger partial charge >= 0.3 is 0 Å². The molecular formula is C12H10N4O. The van der Waals surface area contributed by atoms with Crippen molar-refractivity contribution >= 4 is 6.21 Å². The maximum Gasteiger partial charge on any atom is 0.0992 e. The number of aryl methyl sites for hydroxylation is 1. The Bertz CT molecular complexity index is 607. The summed E-state index contributed by atoms with van der Waals surface area (Å²) < 4.78 is 1.69. The molecule has 0 saturated carbocycles. The number of rotatable bonds is 2. The number of hydrogen-bond acceptors (Lipinski definition) is 4. The molecule has 2 aromatic rings. The second kappa shape index (κ2) is 4.49. The Morgan fingerprint density at radius 3 is 2.82 bits per heavy atom. The van der Waals surface area contributed by atoms with E-state index in [4.69, 9.17) is 10.5 Å². The Morgan fingerprint density at radius 2 is 2.24 bits per heavy atom. The van der Waals surface area contributed by atoms with Crippen LogP contribution in [-0.2, 0) is 7.05 Å². The molecular weight excluding hydrogens is 216 g/mol. The van der Waals surface area contributed by atoms with E-state index in [0.29, 0.717) is 11.1 Å². The molecule has 1 heterocycles. The Kier molecular flexibility index (Phi) is 2.88. The van der Waals surface area contributed by atoms with E-state index < -0.39 is 0 Å². The molecule has 0 bridgehead atoms. The predicted molar refractivity (Wildman–Crippen MR) is 62.7 cm³/mol. The maximum absolute atomic E-state index is 8.93. The molecule has 5 heteroatoms. The zero-order valence-corrected chi connectivity index (χ0v) is 9.20. The van der Waals surface area contributed by atoms with E-state index in [1.54, 1.807) is 23.0 Å². The van der Waals surface area contributed by atoms with Gasteiger partial charge in [-0.05, 0) is 29.3 Å². The van der Waals surface area contributed by atoms with E-state index in [1.807, 2.05) is 19.3 Å². The van der Waals surface area contributed by atoms with Gasteiger partial charge in [0.15, 0.2) is 0 Å². The Hall–Kier alpha value is -2.61. The van der Waals surface area contributed by atoms with Crippen LogP contribution in [0, 0.1) is 11.3 Å². The summed E-state index contributed by atoms with van der Waals surface area (Å²) in [6.45, 7) is 0. The fourth-order valence-corrected chi connectivity index (χ4v) is 1.59. The van der Waals surface area contributed by atoms with Crippen LogP contribution < -0.4 is 0 Å². The zero-order valence-electron chi connectivity index (χ0n) is 9.20. The van der Waals surface area contributed by atoms with Crippen LogP contribution in [0.25, 0.3) is 11.1 Å². The monoisotopic (exact) mass is 226 g/mol. The lowest BCUT2D eigenvalue weighted by atomic mass is 10.0. The van der Waals surface area contributed by atoms with Crippen molar-refractivity contribution in [1.29, 1.82) is 5.26 Å². The number of aromatic nitrogens is 2. The topological polar surface area (TPSA) is 74.2 Å². The van der Waals surface area contributed by atoms with Crippen molar-refractivity contribution in [3.05, 3.63) is 41.7 Å². The van der Waals surface area contributed by atoms with Gasteiger partial charge in [-0.2, -0.15) is 10.4 Å². The van der Waals surface area contributed by atoms with Crippen molar-refractivity contribution in [3.8, 4) is 17.2 Å². The van der Waals surface area contributed by atoms with Gasteiger partial charge in [0.05, 0.1) is 24.0 Å². The first-order chi connectivity index (χ1) is 8.22. The number of oxime groups is 1. The summed E-state index contributed by atoms with van der Waals surface area (Å²) in [6.07, 6.45) is 4.87. The zero-order chi connectivity index (χ0) is 12.3. The standard InChI is InChI=1S/C12H10N4O/c1-16-8-12(7-14-16)11-3-9(5-13)2-10(4-11)6-15-17/h2-4,6-8,17H,1H3/b15-6-. The first kappa shape index (κ1) is 10.9. The largest absolute Gasteiger partial charge is 0.411 e. The molecule has 84 valence electrons. The number of nitriles is 1. The third-order valence-corrected chi connectivity index (χ3v) is 2.33. The minimum Gasteiger partial charge on any atom is -0.411 e. The van der Waals surface area contributed by atoms with Crippen LogP contribution in [0.15, 0.2) is 35.7 Å². The fourth-order valence-electron chi connectivity index (χ4n) is 1.59. The van der Waals surface area contributed by atoms with Gasteiger partial charge in [0.1, 0.15) is 0 Å². The molecule has 0 aliphatic heterocycles. The van der Waals surface area contributed by atoms with Crippen molar-refractivity contribution in [2.75, 3.05) is 0 Å². The van der Waals surface area contributed by atoms with Gasteiger partial charge in [-0.25, -0.2) is 0 Å². The molecule has 1 aromatic carbocycles. The average Bonchev–Trinajstić information content (AvgIpc) is 2.76. The lowest BCUT2D eigenvalue weighted by Gasteiger charge is -2.00. The lowest BCUT2D eigenvalue weighted by Crippen LogP contribution is -1.87. The van der Waals surface area contributed by atoms with Crippen molar-refractivity contribution < 1.29 is 5.21 Å². The molecule has 0 radical (unpaired) electrons. The highest BCUT2D eigenvalue weighted by atomic mass is 16.4. The Morgan fingerprint density at radius 1 is 1.41 bits per heavy atom. The van der Waals surface area contributed by atoms with E-state index in [2.05, 4.69) is 16.3 Å². The minimum absolute atomic E-state index is 0.515. The van der Waals surface area contributed by atoms with E-state index in [9.17, 15) is 0 Å². The summed E-state index contributed by atoms with van der Waals surface area (Å²) in [6, 6.07) is 7.33. The SMILES string of the molecule is Cn1cc(-c2cc(C#N)cc(/C=N\O)c2)cn1. The van der Waals surface area contributed by atoms with E-state index >= 15 is 0 Å². The third kappa shape index (κ3) is 2.32. The van der Waals surface area contributed by atoms with Crippen molar-refractivity contribution in [3.63, 3.8) is 0 Å². The lowest BCUT2D eigenvalue weighted by molar-refractivity contribution is 0.322. The normalized spacial score (nSPS) is 10.6. The molecule has 0 atom stereocenters. The van der Waals surface area contributed by atoms with Crippen LogP contribution >= 0.6 is 0 Å². The number of nitrogens with zero attached hydrogens (tertiary/aromatic N) is 4. The first-order valence-electron chi connectivity index (χ1n) is 4.94. The van der Waals surface area contributed by atoms with Crippen LogP contribution in [-0.4, -0.2) is 21.2 Å². The smallest absolute Gasteiger partial charge is 0.0992 e. The molecule has 0 fully saturated rings. The van der Waals surface area contributed by atoms with Crippen molar-refractivity contribution in [2.24, 2.45) is 12.2 Å². The highest BCUT2D eigenvalue weighted by Gasteiger charge is 2.04. The second-order valence-electron chi connectivity index (χ2n) is 3.60. The average molecular weight is 226 g/mol. The van der Waals surface area contributed by atoms with Gasteiger partial charge in [-0.3, -0.25) is 4.68 Å². The molecule has 0 aliphatic rings. The Labute approximate surface area is 98.2 Å². The van der Waals surface area contributed by atoms with Crippen LogP contribution in [0.1, 0.15) is 11.1 Å². The molecule has 0 spiro atoms. The fraction of sp³-hybridized carbons (Fsp3) is 0.0833. The van der Waals surface area contributed by atoms with Crippen LogP contribution in [0.2, 0.25) is 0 Å². The molecule has 0 aliphatic carbocycles. The number of hydrogen-bond donors (Lipinski definition) is 1. The first-order valence-corrected chi connectivity index (χ1v) is 4.94. The minimum atomic E-state index is 0.515. The van der Waals surface area contributed by atoms with Gasteiger partial charge in [-0.15, -0.1) is 0 Å². The molecule has 5 nitrogen and oxygen atoms in total. The maximum atomic E-state index is 8.93. The van der Waals surface area contributed by atoms with Gasteiger partial charge in [0, 0.05) is 18.8 Å². The molecule has 0 amide bonds. The molecule has 0 unspecified atom stereocenters. The van der Waals surface area contributed by atoms with Gasteiger partial charge in [0.2, 0.25) is 0 Å². The van der Waals surface area contributed by atoms with Gasteiger partial charge < -0.3 is 5.21 Å². The molecule has 0 saturated heterocycles. The van der Waals surface area contributed by atoms with E-state index in [1.165, 1.54) is 6.21 Å². The quantitative estimate of drug-likeness (QED) is 0.481. The van der Waals surface area contributed by atoms with Crippen LogP contribution in [0.5, 0.6) is 0 Å². The summed E-state index contributed by atoms with van der Waals surface area (Å²) in [5.74, 6) is 0. The Balaban J connectivity index is 2.54. The van der Waals surface area contributed by atoms with Crippen molar-refractivity contribution in [2.45, 2.75) is 0 Å². The van der Waals surface area contributed by atoms with Crippen molar-refractivity contribution in [1.82, 2.24) is 9.78 Å². The summed E-state index contributed by atoms with van der Waals surface area (Å²) in [7, 11) is 1.83. The molecule has 2 rings (SSSR count). The highest BCUT2D eigenvalue weighted by molar-refractivity contribution is 5.83. The van der Waals surface area contributed by atoms with Crippen LogP contribution in [0.3, 0.4) is 0 Å². The summed E-state index contributed by atoms with van der Waals surface area (Å²) in [5.41, 5.74) is 2.97. The molecule has 17 heavy (non-hydrogen) atoms. The van der Waals surface area contributed by atoms with Crippen LogP contribution in [0.4, 0.5) is 0 Å². The summed E-state index contributed by atoms with van der Waals surface area (Å²) in [4.78, 5) is 0. The van der Waals surface area contributed by atoms with E-state index in [0.717, 1.165) is 11.1 Å². The van der Waals surface area contributed by atoms with Gasteiger partial charge in [-0.1, -0.05) is 5.16 Å². The predicted octanol–water partition coefficient (Wildman–Crippen LogP) is 1.77.